The summed E-state index contributed by atoms with van der Waals surface area (Å²) in [7, 11) is 0. The molecule has 21 heavy (non-hydrogen) atoms. The normalized spacial score (nSPS) is 14.4. The van der Waals surface area contributed by atoms with Crippen LogP contribution >= 0.6 is 0 Å². The van der Waals surface area contributed by atoms with Gasteiger partial charge < -0.3 is 16.0 Å². The molecule has 1 aliphatic rings. The predicted molar refractivity (Wildman–Crippen MR) is 80.1 cm³/mol. The van der Waals surface area contributed by atoms with Crippen molar-refractivity contribution in [3.8, 4) is 0 Å². The summed E-state index contributed by atoms with van der Waals surface area (Å²) in [6, 6.07) is 12.1. The third-order valence-corrected chi connectivity index (χ3v) is 3.62. The zero-order valence-electron chi connectivity index (χ0n) is 11.5. The minimum atomic E-state index is -0.626. The number of fused-ring (bicyclic) bond motifs is 1. The molecule has 0 bridgehead atoms. The summed E-state index contributed by atoms with van der Waals surface area (Å²) >= 11 is 0. The Hall–Kier alpha value is -2.40. The van der Waals surface area contributed by atoms with Crippen LogP contribution < -0.4 is 16.0 Å². The lowest BCUT2D eigenvalue weighted by Crippen LogP contribution is -2.27. The van der Waals surface area contributed by atoms with Gasteiger partial charge in [0.05, 0.1) is 11.3 Å². The highest BCUT2D eigenvalue weighted by Crippen LogP contribution is 2.32. The lowest BCUT2D eigenvalue weighted by molar-refractivity contribution is 0.100. The lowest BCUT2D eigenvalue weighted by atomic mass is 10.1. The van der Waals surface area contributed by atoms with E-state index in [1.54, 1.807) is 6.07 Å². The molecule has 108 valence electrons. The van der Waals surface area contributed by atoms with Crippen LogP contribution in [0.4, 0.5) is 15.8 Å². The van der Waals surface area contributed by atoms with Gasteiger partial charge in [0.15, 0.2) is 0 Å². The molecule has 2 aromatic carbocycles. The fraction of sp³-hybridized carbons (Fsp3) is 0.188. The van der Waals surface area contributed by atoms with Crippen LogP contribution in [-0.4, -0.2) is 19.0 Å². The Labute approximate surface area is 122 Å². The van der Waals surface area contributed by atoms with E-state index in [0.29, 0.717) is 12.2 Å². The van der Waals surface area contributed by atoms with Gasteiger partial charge in [0.2, 0.25) is 0 Å². The Morgan fingerprint density at radius 2 is 2.00 bits per heavy atom. The first kappa shape index (κ1) is 13.6. The molecule has 0 spiro atoms. The highest BCUT2D eigenvalue weighted by molar-refractivity contribution is 5.99. The van der Waals surface area contributed by atoms with Gasteiger partial charge in [-0.15, -0.1) is 0 Å². The van der Waals surface area contributed by atoms with Crippen molar-refractivity contribution >= 4 is 17.3 Å². The van der Waals surface area contributed by atoms with Gasteiger partial charge in [-0.25, -0.2) is 4.39 Å². The molecule has 5 heteroatoms. The molecule has 3 rings (SSSR count). The number of carbonyl (C=O) groups is 1. The second kappa shape index (κ2) is 5.54. The minimum absolute atomic E-state index is 0.201. The zero-order valence-corrected chi connectivity index (χ0v) is 11.5. The van der Waals surface area contributed by atoms with Crippen LogP contribution in [0, 0.1) is 5.82 Å². The molecule has 0 atom stereocenters. The molecule has 3 N–H and O–H groups in total. The van der Waals surface area contributed by atoms with Gasteiger partial charge >= 0.3 is 0 Å². The molecule has 0 saturated heterocycles. The van der Waals surface area contributed by atoms with Crippen molar-refractivity contribution in [1.82, 2.24) is 5.32 Å². The Balaban J connectivity index is 2.14. The maximum atomic E-state index is 13.4. The number of nitrogens with two attached hydrogens (primary N) is 1. The monoisotopic (exact) mass is 285 g/mol. The number of nitrogens with zero attached hydrogens (tertiary/aromatic N) is 1. The van der Waals surface area contributed by atoms with E-state index in [4.69, 9.17) is 5.73 Å². The average Bonchev–Trinajstić information content (AvgIpc) is 2.69. The van der Waals surface area contributed by atoms with Crippen LogP contribution in [0.2, 0.25) is 0 Å². The molecule has 1 aliphatic heterocycles. The lowest BCUT2D eigenvalue weighted by Gasteiger charge is -2.26. The van der Waals surface area contributed by atoms with E-state index < -0.39 is 11.7 Å². The van der Waals surface area contributed by atoms with E-state index in [1.807, 2.05) is 29.2 Å². The van der Waals surface area contributed by atoms with Crippen molar-refractivity contribution in [3.05, 3.63) is 59.4 Å². The number of amides is 1. The smallest absolute Gasteiger partial charge is 0.250 e. The van der Waals surface area contributed by atoms with E-state index in [-0.39, 0.29) is 5.56 Å². The first-order valence-electron chi connectivity index (χ1n) is 6.82. The average molecular weight is 285 g/mol. The first-order chi connectivity index (χ1) is 10.2. The summed E-state index contributed by atoms with van der Waals surface area (Å²) in [5.41, 5.74) is 8.39. The third-order valence-electron chi connectivity index (χ3n) is 3.62. The second-order valence-corrected chi connectivity index (χ2v) is 4.98. The molecule has 2 aromatic rings. The molecule has 0 aromatic heterocycles. The van der Waals surface area contributed by atoms with Crippen LogP contribution in [-0.2, 0) is 6.54 Å². The highest BCUT2D eigenvalue weighted by Gasteiger charge is 2.20. The van der Waals surface area contributed by atoms with Gasteiger partial charge in [-0.05, 0) is 29.8 Å². The molecular formula is C16H16FN3O. The molecule has 4 nitrogen and oxygen atoms in total. The third kappa shape index (κ3) is 2.60. The Morgan fingerprint density at radius 3 is 2.81 bits per heavy atom. The van der Waals surface area contributed by atoms with Gasteiger partial charge in [-0.1, -0.05) is 18.2 Å². The molecule has 0 unspecified atom stereocenters. The molecule has 0 aliphatic carbocycles. The zero-order chi connectivity index (χ0) is 14.8. The van der Waals surface area contributed by atoms with Crippen molar-refractivity contribution in [1.29, 1.82) is 0 Å². The summed E-state index contributed by atoms with van der Waals surface area (Å²) in [5, 5.41) is 3.33. The van der Waals surface area contributed by atoms with Crippen LogP contribution in [0.15, 0.2) is 42.5 Å². The van der Waals surface area contributed by atoms with Crippen LogP contribution in [0.1, 0.15) is 15.9 Å². The molecule has 0 fully saturated rings. The van der Waals surface area contributed by atoms with E-state index in [0.717, 1.165) is 24.3 Å². The van der Waals surface area contributed by atoms with Crippen molar-refractivity contribution < 1.29 is 9.18 Å². The van der Waals surface area contributed by atoms with Gasteiger partial charge in [0.25, 0.3) is 5.91 Å². The predicted octanol–water partition coefficient (Wildman–Crippen LogP) is 2.17. The fourth-order valence-electron chi connectivity index (χ4n) is 2.65. The number of para-hydroxylation sites is 1. The topological polar surface area (TPSA) is 58.4 Å². The maximum absolute atomic E-state index is 13.4. The number of nitrogens with one attached hydrogen (secondary N) is 1. The quantitative estimate of drug-likeness (QED) is 0.889. The minimum Gasteiger partial charge on any atom is -0.366 e. The van der Waals surface area contributed by atoms with Gasteiger partial charge in [0, 0.05) is 25.3 Å². The number of hydrogen-bond acceptors (Lipinski definition) is 3. The number of rotatable bonds is 2. The van der Waals surface area contributed by atoms with Crippen molar-refractivity contribution in [2.45, 2.75) is 6.54 Å². The number of carbonyl (C=O) groups excluding carboxylic acids is 1. The Morgan fingerprint density at radius 1 is 1.19 bits per heavy atom. The molecule has 0 radical (unpaired) electrons. The number of primary amides is 1. The van der Waals surface area contributed by atoms with E-state index in [9.17, 15) is 9.18 Å². The maximum Gasteiger partial charge on any atom is 0.250 e. The number of halogens is 1. The first-order valence-corrected chi connectivity index (χ1v) is 6.82. The summed E-state index contributed by atoms with van der Waals surface area (Å²) in [6.45, 7) is 2.22. The summed E-state index contributed by atoms with van der Waals surface area (Å²) in [6.07, 6.45) is 0. The van der Waals surface area contributed by atoms with E-state index in [2.05, 4.69) is 5.32 Å². The molecule has 0 saturated carbocycles. The van der Waals surface area contributed by atoms with Crippen molar-refractivity contribution in [2.75, 3.05) is 18.0 Å². The summed E-state index contributed by atoms with van der Waals surface area (Å²) in [5.74, 6) is -1.09. The summed E-state index contributed by atoms with van der Waals surface area (Å²) in [4.78, 5) is 13.6. The molecular weight excluding hydrogens is 269 g/mol. The van der Waals surface area contributed by atoms with Crippen LogP contribution in [0.5, 0.6) is 0 Å². The van der Waals surface area contributed by atoms with E-state index >= 15 is 0 Å². The Bertz CT molecular complexity index is 687. The number of hydrogen-bond donors (Lipinski definition) is 2. The van der Waals surface area contributed by atoms with Gasteiger partial charge in [0.1, 0.15) is 5.82 Å². The highest BCUT2D eigenvalue weighted by atomic mass is 19.1. The number of anilines is 2. The van der Waals surface area contributed by atoms with Crippen LogP contribution in [0.3, 0.4) is 0 Å². The Kier molecular flexibility index (Phi) is 3.58. The van der Waals surface area contributed by atoms with E-state index in [1.165, 1.54) is 12.1 Å². The molecule has 1 amide bonds. The summed E-state index contributed by atoms with van der Waals surface area (Å²) < 4.78 is 13.4. The van der Waals surface area contributed by atoms with Gasteiger partial charge in [-0.2, -0.15) is 0 Å². The van der Waals surface area contributed by atoms with Crippen molar-refractivity contribution in [3.63, 3.8) is 0 Å². The largest absolute Gasteiger partial charge is 0.366 e. The van der Waals surface area contributed by atoms with Gasteiger partial charge in [-0.3, -0.25) is 4.79 Å². The number of benzene rings is 2. The fourth-order valence-corrected chi connectivity index (χ4v) is 2.65. The SMILES string of the molecule is NC(=O)c1cc(F)ccc1N1CCNCc2ccccc21. The van der Waals surface area contributed by atoms with Crippen molar-refractivity contribution in [2.24, 2.45) is 5.73 Å². The standard InChI is InChI=1S/C16H16FN3O/c17-12-5-6-15(13(9-12)16(18)21)20-8-7-19-10-11-3-1-2-4-14(11)20/h1-6,9,19H,7-8,10H2,(H2,18,21). The van der Waals surface area contributed by atoms with Crippen LogP contribution in [0.25, 0.3) is 0 Å². The molecule has 1 heterocycles. The second-order valence-electron chi connectivity index (χ2n) is 4.98.